The SMILES string of the molecule is NC(=O)CC(O)C(O)c1cccc(SC(F)(F)F)c1. The number of alkyl halides is 3. The Morgan fingerprint density at radius 3 is 2.53 bits per heavy atom. The first-order valence-corrected chi connectivity index (χ1v) is 6.01. The van der Waals surface area contributed by atoms with Crippen molar-refractivity contribution in [3.63, 3.8) is 0 Å². The molecular weight excluding hydrogens is 283 g/mol. The molecule has 0 spiro atoms. The third-order valence-corrected chi connectivity index (χ3v) is 2.93. The summed E-state index contributed by atoms with van der Waals surface area (Å²) in [6.07, 6.45) is -3.40. The largest absolute Gasteiger partial charge is 0.446 e. The molecule has 4 nitrogen and oxygen atoms in total. The van der Waals surface area contributed by atoms with Crippen molar-refractivity contribution in [2.45, 2.75) is 29.0 Å². The summed E-state index contributed by atoms with van der Waals surface area (Å²) < 4.78 is 36.6. The van der Waals surface area contributed by atoms with E-state index in [-0.39, 0.29) is 22.2 Å². The molecule has 2 unspecified atom stereocenters. The van der Waals surface area contributed by atoms with E-state index >= 15 is 0 Å². The summed E-state index contributed by atoms with van der Waals surface area (Å²) in [6, 6.07) is 5.01. The zero-order valence-corrected chi connectivity index (χ0v) is 10.4. The molecule has 2 atom stereocenters. The van der Waals surface area contributed by atoms with Crippen LogP contribution in [0, 0.1) is 0 Å². The van der Waals surface area contributed by atoms with Gasteiger partial charge >= 0.3 is 5.51 Å². The van der Waals surface area contributed by atoms with Gasteiger partial charge in [-0.1, -0.05) is 12.1 Å². The lowest BCUT2D eigenvalue weighted by Gasteiger charge is -2.17. The Bertz CT molecular complexity index is 453. The molecule has 0 aliphatic heterocycles. The van der Waals surface area contributed by atoms with Crippen LogP contribution < -0.4 is 5.73 Å². The fourth-order valence-corrected chi connectivity index (χ4v) is 2.04. The highest BCUT2D eigenvalue weighted by atomic mass is 32.2. The monoisotopic (exact) mass is 295 g/mol. The highest BCUT2D eigenvalue weighted by Gasteiger charge is 2.29. The lowest BCUT2D eigenvalue weighted by Crippen LogP contribution is -2.25. The third kappa shape index (κ3) is 5.50. The van der Waals surface area contributed by atoms with Gasteiger partial charge in [0.15, 0.2) is 0 Å². The van der Waals surface area contributed by atoms with Gasteiger partial charge in [0.2, 0.25) is 5.91 Å². The van der Waals surface area contributed by atoms with Crippen molar-refractivity contribution in [1.82, 2.24) is 0 Å². The third-order valence-electron chi connectivity index (χ3n) is 2.21. The molecule has 0 fully saturated rings. The summed E-state index contributed by atoms with van der Waals surface area (Å²) in [5.74, 6) is -0.813. The maximum atomic E-state index is 12.2. The van der Waals surface area contributed by atoms with Crippen molar-refractivity contribution in [3.05, 3.63) is 29.8 Å². The van der Waals surface area contributed by atoms with Gasteiger partial charge in [0, 0.05) is 4.90 Å². The number of amides is 1. The quantitative estimate of drug-likeness (QED) is 0.720. The Labute approximate surface area is 111 Å². The molecule has 0 aliphatic carbocycles. The molecule has 1 rings (SSSR count). The molecule has 8 heteroatoms. The second-order valence-electron chi connectivity index (χ2n) is 3.80. The predicted octanol–water partition coefficient (Wildman–Crippen LogP) is 1.57. The lowest BCUT2D eigenvalue weighted by molar-refractivity contribution is -0.121. The molecule has 4 N–H and O–H groups in total. The van der Waals surface area contributed by atoms with E-state index in [1.54, 1.807) is 0 Å². The van der Waals surface area contributed by atoms with Gasteiger partial charge in [-0.25, -0.2) is 0 Å². The van der Waals surface area contributed by atoms with E-state index in [9.17, 15) is 28.2 Å². The molecule has 0 saturated carbocycles. The average molecular weight is 295 g/mol. The molecule has 0 radical (unpaired) electrons. The van der Waals surface area contributed by atoms with Crippen LogP contribution >= 0.6 is 11.8 Å². The van der Waals surface area contributed by atoms with Crippen LogP contribution in [0.5, 0.6) is 0 Å². The van der Waals surface area contributed by atoms with Crippen molar-refractivity contribution in [1.29, 1.82) is 0 Å². The number of hydrogen-bond donors (Lipinski definition) is 3. The van der Waals surface area contributed by atoms with Crippen molar-refractivity contribution in [3.8, 4) is 0 Å². The van der Waals surface area contributed by atoms with Crippen molar-refractivity contribution >= 4 is 17.7 Å². The predicted molar refractivity (Wildman–Crippen MR) is 63.1 cm³/mol. The molecular formula is C11H12F3NO3S. The minimum absolute atomic E-state index is 0.0861. The molecule has 1 amide bonds. The number of primary amides is 1. The molecule has 19 heavy (non-hydrogen) atoms. The highest BCUT2D eigenvalue weighted by molar-refractivity contribution is 8.00. The highest BCUT2D eigenvalue weighted by Crippen LogP contribution is 2.37. The van der Waals surface area contributed by atoms with Crippen molar-refractivity contribution in [2.75, 3.05) is 0 Å². The molecule has 106 valence electrons. The number of nitrogens with two attached hydrogens (primary N) is 1. The first-order valence-electron chi connectivity index (χ1n) is 5.19. The number of aliphatic hydroxyl groups is 2. The van der Waals surface area contributed by atoms with E-state index in [0.29, 0.717) is 0 Å². The summed E-state index contributed by atoms with van der Waals surface area (Å²) in [5.41, 5.74) is 0.510. The first kappa shape index (κ1) is 15.8. The number of benzene rings is 1. The van der Waals surface area contributed by atoms with Crippen LogP contribution in [-0.2, 0) is 4.79 Å². The van der Waals surface area contributed by atoms with Gasteiger partial charge in [0.05, 0.1) is 12.5 Å². The van der Waals surface area contributed by atoms with Gasteiger partial charge in [0.1, 0.15) is 6.10 Å². The smallest absolute Gasteiger partial charge is 0.390 e. The maximum absolute atomic E-state index is 12.2. The summed E-state index contributed by atoms with van der Waals surface area (Å²) in [5, 5.41) is 19.2. The van der Waals surface area contributed by atoms with E-state index in [4.69, 9.17) is 5.73 Å². The molecule has 0 saturated heterocycles. The Kier molecular flexibility index (Phi) is 5.21. The van der Waals surface area contributed by atoms with Crippen LogP contribution in [0.15, 0.2) is 29.2 Å². The van der Waals surface area contributed by atoms with Gasteiger partial charge in [0.25, 0.3) is 0 Å². The fourth-order valence-electron chi connectivity index (χ4n) is 1.44. The number of halogens is 3. The minimum Gasteiger partial charge on any atom is -0.390 e. The number of rotatable bonds is 5. The van der Waals surface area contributed by atoms with Crippen LogP contribution in [0.25, 0.3) is 0 Å². The Morgan fingerprint density at radius 1 is 1.37 bits per heavy atom. The van der Waals surface area contributed by atoms with Crippen LogP contribution in [-0.4, -0.2) is 27.7 Å². The Balaban J connectivity index is 2.83. The lowest BCUT2D eigenvalue weighted by atomic mass is 10.0. The number of thioether (sulfide) groups is 1. The summed E-state index contributed by atoms with van der Waals surface area (Å²) in [4.78, 5) is 10.5. The van der Waals surface area contributed by atoms with Crippen LogP contribution in [0.3, 0.4) is 0 Å². The number of carbonyl (C=O) groups is 1. The standard InChI is InChI=1S/C11H12F3NO3S/c12-11(13,14)19-7-3-1-2-6(4-7)10(18)8(16)5-9(15)17/h1-4,8,10,16,18H,5H2,(H2,15,17). The molecule has 0 aliphatic rings. The van der Waals surface area contributed by atoms with E-state index in [1.807, 2.05) is 0 Å². The fraction of sp³-hybridized carbons (Fsp3) is 0.364. The molecule has 0 aromatic heterocycles. The Morgan fingerprint density at radius 2 is 2.00 bits per heavy atom. The van der Waals surface area contributed by atoms with Gasteiger partial charge < -0.3 is 15.9 Å². The number of aliphatic hydroxyl groups excluding tert-OH is 2. The molecule has 0 bridgehead atoms. The number of hydrogen-bond acceptors (Lipinski definition) is 4. The van der Waals surface area contributed by atoms with Gasteiger partial charge in [-0.15, -0.1) is 0 Å². The van der Waals surface area contributed by atoms with Crippen molar-refractivity contribution in [2.24, 2.45) is 5.73 Å². The molecule has 1 aromatic rings. The van der Waals surface area contributed by atoms with Crippen LogP contribution in [0.1, 0.15) is 18.1 Å². The van der Waals surface area contributed by atoms with Crippen molar-refractivity contribution < 1.29 is 28.2 Å². The van der Waals surface area contributed by atoms with E-state index in [2.05, 4.69) is 0 Å². The maximum Gasteiger partial charge on any atom is 0.446 e. The topological polar surface area (TPSA) is 83.6 Å². The normalized spacial score (nSPS) is 15.0. The van der Waals surface area contributed by atoms with E-state index in [0.717, 1.165) is 6.07 Å². The van der Waals surface area contributed by atoms with E-state index in [1.165, 1.54) is 18.2 Å². The average Bonchev–Trinajstić information content (AvgIpc) is 2.25. The van der Waals surface area contributed by atoms with Crippen LogP contribution in [0.2, 0.25) is 0 Å². The first-order chi connectivity index (χ1) is 8.69. The summed E-state index contributed by atoms with van der Waals surface area (Å²) in [7, 11) is 0. The van der Waals surface area contributed by atoms with E-state index < -0.39 is 30.0 Å². The van der Waals surface area contributed by atoms with Crippen LogP contribution in [0.4, 0.5) is 13.2 Å². The van der Waals surface area contributed by atoms with Gasteiger partial charge in [-0.2, -0.15) is 13.2 Å². The second kappa shape index (κ2) is 6.27. The number of carbonyl (C=O) groups excluding carboxylic acids is 1. The zero-order valence-electron chi connectivity index (χ0n) is 9.59. The van der Waals surface area contributed by atoms with Gasteiger partial charge in [-0.05, 0) is 29.5 Å². The zero-order chi connectivity index (χ0) is 14.6. The Hall–Kier alpha value is -1.25. The second-order valence-corrected chi connectivity index (χ2v) is 4.94. The minimum atomic E-state index is -4.44. The molecule has 1 aromatic carbocycles. The summed E-state index contributed by atoms with van der Waals surface area (Å²) >= 11 is -0.326. The summed E-state index contributed by atoms with van der Waals surface area (Å²) in [6.45, 7) is 0. The molecule has 0 heterocycles. The van der Waals surface area contributed by atoms with Gasteiger partial charge in [-0.3, -0.25) is 4.79 Å².